The van der Waals surface area contributed by atoms with E-state index in [-0.39, 0.29) is 0 Å². The summed E-state index contributed by atoms with van der Waals surface area (Å²) in [6, 6.07) is 0. The van der Waals surface area contributed by atoms with Crippen LogP contribution in [0.4, 0.5) is 0 Å². The molecule has 0 saturated carbocycles. The first kappa shape index (κ1) is 9.15. The highest BCUT2D eigenvalue weighted by atomic mass is 32.1. The smallest absolute Gasteiger partial charge is 0.342 e. The fourth-order valence-corrected chi connectivity index (χ4v) is 1.40. The van der Waals surface area contributed by atoms with Crippen molar-refractivity contribution in [3.05, 3.63) is 16.6 Å². The summed E-state index contributed by atoms with van der Waals surface area (Å²) in [6.07, 6.45) is 0. The molecular weight excluding hydrogens is 178 g/mol. The minimum absolute atomic E-state index is 0.433. The van der Waals surface area contributed by atoms with Crippen molar-refractivity contribution in [2.24, 2.45) is 0 Å². The van der Waals surface area contributed by atoms with Gasteiger partial charge in [-0.05, 0) is 6.92 Å². The molecule has 4 nitrogen and oxygen atoms in total. The van der Waals surface area contributed by atoms with E-state index in [1.807, 2.05) is 0 Å². The third-order valence-corrected chi connectivity index (χ3v) is 2.32. The molecule has 0 fully saturated rings. The van der Waals surface area contributed by atoms with Crippen LogP contribution in [0.25, 0.3) is 0 Å². The minimum Gasteiger partial charge on any atom is -0.479 e. The van der Waals surface area contributed by atoms with Gasteiger partial charge in [0.15, 0.2) is 0 Å². The number of nitrogens with zero attached hydrogens (tertiary/aromatic N) is 1. The molecule has 5 heteroatoms. The predicted molar refractivity (Wildman–Crippen MR) is 44.1 cm³/mol. The first-order valence-corrected chi connectivity index (χ1v) is 4.22. The molecule has 0 aliphatic rings. The second-order valence-corrected chi connectivity index (χ2v) is 3.13. The van der Waals surface area contributed by atoms with Crippen LogP contribution in [0.3, 0.4) is 0 Å². The second-order valence-electron chi connectivity index (χ2n) is 2.42. The average molecular weight is 187 g/mol. The number of aliphatic carboxylic acids is 1. The van der Waals surface area contributed by atoms with Gasteiger partial charge in [-0.25, -0.2) is 9.78 Å². The van der Waals surface area contributed by atoms with Crippen LogP contribution >= 0.6 is 11.3 Å². The number of carboxylic acids is 1. The van der Waals surface area contributed by atoms with Crippen molar-refractivity contribution in [1.29, 1.82) is 0 Å². The first-order valence-electron chi connectivity index (χ1n) is 3.28. The largest absolute Gasteiger partial charge is 0.479 e. The molecule has 1 rings (SSSR count). The Labute approximate surface area is 73.8 Å². The Hall–Kier alpha value is -0.940. The number of ether oxygens (including phenoxy) is 1. The Bertz CT molecular complexity index is 272. The van der Waals surface area contributed by atoms with Gasteiger partial charge in [0.25, 0.3) is 0 Å². The number of hydrogen-bond acceptors (Lipinski definition) is 4. The van der Waals surface area contributed by atoms with Gasteiger partial charge in [0.1, 0.15) is 0 Å². The summed E-state index contributed by atoms with van der Waals surface area (Å²) in [5, 5.41) is 10.5. The van der Waals surface area contributed by atoms with Crippen LogP contribution in [0.1, 0.15) is 12.6 Å². The number of hydrogen-bond donors (Lipinski definition) is 1. The third kappa shape index (κ3) is 1.33. The van der Waals surface area contributed by atoms with Crippen molar-refractivity contribution in [2.75, 3.05) is 7.11 Å². The molecule has 12 heavy (non-hydrogen) atoms. The molecule has 0 amide bonds. The van der Waals surface area contributed by atoms with E-state index in [4.69, 9.17) is 9.84 Å². The lowest BCUT2D eigenvalue weighted by Gasteiger charge is -2.20. The van der Waals surface area contributed by atoms with E-state index in [9.17, 15) is 4.79 Å². The highest BCUT2D eigenvalue weighted by molar-refractivity contribution is 7.07. The lowest BCUT2D eigenvalue weighted by molar-refractivity contribution is -0.161. The van der Waals surface area contributed by atoms with Gasteiger partial charge in [0.05, 0.1) is 11.2 Å². The zero-order chi connectivity index (χ0) is 9.19. The van der Waals surface area contributed by atoms with Crippen LogP contribution in [0.5, 0.6) is 0 Å². The van der Waals surface area contributed by atoms with Crippen molar-refractivity contribution in [3.8, 4) is 0 Å². The fraction of sp³-hybridized carbons (Fsp3) is 0.429. The summed E-state index contributed by atoms with van der Waals surface area (Å²) in [5.41, 5.74) is 0.692. The van der Waals surface area contributed by atoms with Gasteiger partial charge < -0.3 is 9.84 Å². The van der Waals surface area contributed by atoms with Gasteiger partial charge in [-0.2, -0.15) is 0 Å². The Morgan fingerprint density at radius 2 is 2.50 bits per heavy atom. The van der Waals surface area contributed by atoms with E-state index < -0.39 is 11.6 Å². The third-order valence-electron chi connectivity index (χ3n) is 1.74. The molecule has 1 heterocycles. The van der Waals surface area contributed by atoms with E-state index in [1.165, 1.54) is 25.4 Å². The molecule has 1 atom stereocenters. The van der Waals surface area contributed by atoms with Crippen molar-refractivity contribution in [3.63, 3.8) is 0 Å². The summed E-state index contributed by atoms with van der Waals surface area (Å²) < 4.78 is 4.89. The molecule has 66 valence electrons. The summed E-state index contributed by atoms with van der Waals surface area (Å²) in [7, 11) is 1.35. The highest BCUT2D eigenvalue weighted by Crippen LogP contribution is 2.24. The van der Waals surface area contributed by atoms with Crippen LogP contribution in [0.2, 0.25) is 0 Å². The normalized spacial score (nSPS) is 15.5. The van der Waals surface area contributed by atoms with E-state index in [0.717, 1.165) is 0 Å². The van der Waals surface area contributed by atoms with E-state index >= 15 is 0 Å². The molecule has 1 aromatic rings. The number of thiazole rings is 1. The maximum Gasteiger partial charge on any atom is 0.342 e. The predicted octanol–water partition coefficient (Wildman–Crippen LogP) is 1.09. The Morgan fingerprint density at radius 1 is 1.83 bits per heavy atom. The Balaban J connectivity index is 3.04. The molecule has 0 radical (unpaired) electrons. The van der Waals surface area contributed by atoms with Crippen molar-refractivity contribution in [2.45, 2.75) is 12.5 Å². The fourth-order valence-electron chi connectivity index (χ4n) is 0.750. The molecule has 0 aliphatic heterocycles. The maximum atomic E-state index is 10.8. The molecule has 1 N–H and O–H groups in total. The Morgan fingerprint density at radius 3 is 2.83 bits per heavy atom. The molecule has 0 aromatic carbocycles. The zero-order valence-corrected chi connectivity index (χ0v) is 7.59. The summed E-state index contributed by atoms with van der Waals surface area (Å²) in [6.45, 7) is 1.48. The number of methoxy groups -OCH3 is 1. The SMILES string of the molecule is COC(C)(C(=O)O)c1cscn1. The lowest BCUT2D eigenvalue weighted by Crippen LogP contribution is -2.34. The standard InChI is InChI=1S/C7H9NO3S/c1-7(11-2,6(9)10)5-3-12-4-8-5/h3-4H,1-2H3,(H,9,10). The van der Waals surface area contributed by atoms with Gasteiger partial charge in [0.2, 0.25) is 5.60 Å². The molecule has 0 spiro atoms. The minimum atomic E-state index is -1.32. The number of aromatic nitrogens is 1. The van der Waals surface area contributed by atoms with Gasteiger partial charge in [0, 0.05) is 12.5 Å². The summed E-state index contributed by atoms with van der Waals surface area (Å²) >= 11 is 1.34. The monoisotopic (exact) mass is 187 g/mol. The van der Waals surface area contributed by atoms with Crippen molar-refractivity contribution >= 4 is 17.3 Å². The van der Waals surface area contributed by atoms with E-state index in [1.54, 1.807) is 10.9 Å². The van der Waals surface area contributed by atoms with Crippen LogP contribution in [-0.2, 0) is 15.1 Å². The topological polar surface area (TPSA) is 59.4 Å². The summed E-state index contributed by atoms with van der Waals surface area (Å²) in [5.74, 6) is -1.03. The molecule has 0 aliphatic carbocycles. The van der Waals surface area contributed by atoms with Gasteiger partial charge in [-0.3, -0.25) is 0 Å². The quantitative estimate of drug-likeness (QED) is 0.769. The van der Waals surface area contributed by atoms with Crippen LogP contribution in [0.15, 0.2) is 10.9 Å². The highest BCUT2D eigenvalue weighted by Gasteiger charge is 2.36. The second kappa shape index (κ2) is 3.20. The van der Waals surface area contributed by atoms with Gasteiger partial charge in [-0.15, -0.1) is 11.3 Å². The maximum absolute atomic E-state index is 10.8. The first-order chi connectivity index (χ1) is 5.61. The Kier molecular flexibility index (Phi) is 2.44. The van der Waals surface area contributed by atoms with Crippen LogP contribution < -0.4 is 0 Å². The number of carboxylic acid groups (broad SMARTS) is 1. The van der Waals surface area contributed by atoms with Crippen LogP contribution in [0, 0.1) is 0 Å². The van der Waals surface area contributed by atoms with Crippen molar-refractivity contribution in [1.82, 2.24) is 4.98 Å². The average Bonchev–Trinajstić information content (AvgIpc) is 2.54. The van der Waals surface area contributed by atoms with Gasteiger partial charge in [-0.1, -0.05) is 0 Å². The molecule has 1 aromatic heterocycles. The van der Waals surface area contributed by atoms with E-state index in [0.29, 0.717) is 5.69 Å². The molecule has 0 bridgehead atoms. The summed E-state index contributed by atoms with van der Waals surface area (Å²) in [4.78, 5) is 14.7. The van der Waals surface area contributed by atoms with Crippen molar-refractivity contribution < 1.29 is 14.6 Å². The van der Waals surface area contributed by atoms with E-state index in [2.05, 4.69) is 4.98 Å². The molecule has 0 saturated heterocycles. The van der Waals surface area contributed by atoms with Gasteiger partial charge >= 0.3 is 5.97 Å². The number of carbonyl (C=O) groups is 1. The zero-order valence-electron chi connectivity index (χ0n) is 6.77. The molecular formula is C7H9NO3S. The van der Waals surface area contributed by atoms with Crippen LogP contribution in [-0.4, -0.2) is 23.2 Å². The number of rotatable bonds is 3. The lowest BCUT2D eigenvalue weighted by atomic mass is 10.0. The molecule has 1 unspecified atom stereocenters.